The van der Waals surface area contributed by atoms with E-state index in [-0.39, 0.29) is 12.4 Å². The summed E-state index contributed by atoms with van der Waals surface area (Å²) in [4.78, 5) is 2.56. The SMILES string of the molecule is CC(C)N1CCCCC1.Cl. The van der Waals surface area contributed by atoms with Crippen LogP contribution in [0.2, 0.25) is 0 Å². The number of piperidine rings is 1. The van der Waals surface area contributed by atoms with E-state index < -0.39 is 0 Å². The number of hydrogen-bond acceptors (Lipinski definition) is 1. The monoisotopic (exact) mass is 163 g/mol. The van der Waals surface area contributed by atoms with Gasteiger partial charge in [-0.25, -0.2) is 0 Å². The van der Waals surface area contributed by atoms with Crippen LogP contribution in [0.15, 0.2) is 0 Å². The maximum Gasteiger partial charge on any atom is 0.00385 e. The van der Waals surface area contributed by atoms with Gasteiger partial charge in [-0.15, -0.1) is 12.4 Å². The summed E-state index contributed by atoms with van der Waals surface area (Å²) in [6.07, 6.45) is 4.28. The number of rotatable bonds is 1. The second kappa shape index (κ2) is 4.97. The van der Waals surface area contributed by atoms with E-state index >= 15 is 0 Å². The smallest absolute Gasteiger partial charge is 0.00385 e. The van der Waals surface area contributed by atoms with E-state index in [4.69, 9.17) is 0 Å². The van der Waals surface area contributed by atoms with Gasteiger partial charge in [0.05, 0.1) is 0 Å². The Morgan fingerprint density at radius 1 is 1.00 bits per heavy atom. The van der Waals surface area contributed by atoms with Crippen LogP contribution < -0.4 is 0 Å². The molecule has 1 rings (SSSR count). The van der Waals surface area contributed by atoms with E-state index in [0.29, 0.717) is 0 Å². The maximum absolute atomic E-state index is 2.56. The Bertz CT molecular complexity index is 77.3. The van der Waals surface area contributed by atoms with Gasteiger partial charge >= 0.3 is 0 Å². The first kappa shape index (κ1) is 10.2. The summed E-state index contributed by atoms with van der Waals surface area (Å²) in [6.45, 7) is 7.23. The van der Waals surface area contributed by atoms with Gasteiger partial charge < -0.3 is 4.90 Å². The molecule has 0 aromatic carbocycles. The van der Waals surface area contributed by atoms with Gasteiger partial charge in [-0.3, -0.25) is 0 Å². The Morgan fingerprint density at radius 2 is 1.50 bits per heavy atom. The molecule has 0 aromatic rings. The fourth-order valence-electron chi connectivity index (χ4n) is 1.43. The molecule has 1 fully saturated rings. The van der Waals surface area contributed by atoms with Gasteiger partial charge in [0, 0.05) is 6.04 Å². The summed E-state index contributed by atoms with van der Waals surface area (Å²) in [5.74, 6) is 0. The maximum atomic E-state index is 2.56. The van der Waals surface area contributed by atoms with Gasteiger partial charge in [0.2, 0.25) is 0 Å². The average Bonchev–Trinajstić information content (AvgIpc) is 1.90. The van der Waals surface area contributed by atoms with E-state index in [1.807, 2.05) is 0 Å². The first-order chi connectivity index (χ1) is 4.30. The molecule has 1 saturated heterocycles. The normalized spacial score (nSPS) is 20.7. The molecule has 0 aromatic heterocycles. The topological polar surface area (TPSA) is 3.24 Å². The van der Waals surface area contributed by atoms with Crippen LogP contribution in [-0.4, -0.2) is 24.0 Å². The number of nitrogens with zero attached hydrogens (tertiary/aromatic N) is 1. The lowest BCUT2D eigenvalue weighted by molar-refractivity contribution is 0.185. The minimum absolute atomic E-state index is 0. The molecular weight excluding hydrogens is 146 g/mol. The minimum Gasteiger partial charge on any atom is -0.301 e. The predicted molar refractivity (Wildman–Crippen MR) is 47.8 cm³/mol. The van der Waals surface area contributed by atoms with Gasteiger partial charge in [0.1, 0.15) is 0 Å². The van der Waals surface area contributed by atoms with E-state index in [2.05, 4.69) is 18.7 Å². The highest BCUT2D eigenvalue weighted by Gasteiger charge is 2.11. The molecule has 1 aliphatic rings. The van der Waals surface area contributed by atoms with Gasteiger partial charge in [0.15, 0.2) is 0 Å². The van der Waals surface area contributed by atoms with Crippen molar-refractivity contribution in [3.8, 4) is 0 Å². The van der Waals surface area contributed by atoms with Crippen LogP contribution in [0.25, 0.3) is 0 Å². The summed E-state index contributed by atoms with van der Waals surface area (Å²) in [7, 11) is 0. The van der Waals surface area contributed by atoms with Crippen molar-refractivity contribution in [2.24, 2.45) is 0 Å². The summed E-state index contributed by atoms with van der Waals surface area (Å²) < 4.78 is 0. The van der Waals surface area contributed by atoms with Crippen molar-refractivity contribution < 1.29 is 0 Å². The third-order valence-electron chi connectivity index (χ3n) is 2.12. The molecule has 0 saturated carbocycles. The first-order valence-electron chi connectivity index (χ1n) is 4.05. The minimum atomic E-state index is 0. The van der Waals surface area contributed by atoms with Gasteiger partial charge in [-0.05, 0) is 39.8 Å². The van der Waals surface area contributed by atoms with Crippen LogP contribution in [0, 0.1) is 0 Å². The van der Waals surface area contributed by atoms with Crippen molar-refractivity contribution in [2.45, 2.75) is 39.2 Å². The van der Waals surface area contributed by atoms with Gasteiger partial charge in [-0.2, -0.15) is 0 Å². The average molecular weight is 164 g/mol. The first-order valence-corrected chi connectivity index (χ1v) is 4.05. The third kappa shape index (κ3) is 2.89. The molecule has 10 heavy (non-hydrogen) atoms. The standard InChI is InChI=1S/C8H17N.ClH/c1-8(2)9-6-4-3-5-7-9;/h8H,3-7H2,1-2H3;1H. The van der Waals surface area contributed by atoms with Crippen molar-refractivity contribution in [3.05, 3.63) is 0 Å². The molecule has 0 spiro atoms. The molecule has 1 nitrogen and oxygen atoms in total. The highest BCUT2D eigenvalue weighted by molar-refractivity contribution is 5.85. The Morgan fingerprint density at radius 3 is 1.80 bits per heavy atom. The van der Waals surface area contributed by atoms with Crippen molar-refractivity contribution in [1.29, 1.82) is 0 Å². The second-order valence-electron chi connectivity index (χ2n) is 3.19. The highest BCUT2D eigenvalue weighted by Crippen LogP contribution is 2.10. The molecule has 0 N–H and O–H groups in total. The second-order valence-corrected chi connectivity index (χ2v) is 3.19. The lowest BCUT2D eigenvalue weighted by atomic mass is 10.1. The van der Waals surface area contributed by atoms with Crippen LogP contribution in [-0.2, 0) is 0 Å². The zero-order chi connectivity index (χ0) is 6.69. The Balaban J connectivity index is 0.000000810. The zero-order valence-corrected chi connectivity index (χ0v) is 7.78. The Kier molecular flexibility index (Phi) is 5.10. The number of likely N-dealkylation sites (tertiary alicyclic amines) is 1. The fourth-order valence-corrected chi connectivity index (χ4v) is 1.43. The summed E-state index contributed by atoms with van der Waals surface area (Å²) in [5.41, 5.74) is 0. The van der Waals surface area contributed by atoms with Crippen molar-refractivity contribution in [1.82, 2.24) is 4.90 Å². The summed E-state index contributed by atoms with van der Waals surface area (Å²) >= 11 is 0. The highest BCUT2D eigenvalue weighted by atomic mass is 35.5. The van der Waals surface area contributed by atoms with Crippen molar-refractivity contribution >= 4 is 12.4 Å². The number of hydrogen-bond donors (Lipinski definition) is 0. The molecule has 2 heteroatoms. The Hall–Kier alpha value is 0.250. The zero-order valence-electron chi connectivity index (χ0n) is 6.97. The van der Waals surface area contributed by atoms with Crippen LogP contribution >= 0.6 is 12.4 Å². The van der Waals surface area contributed by atoms with Crippen molar-refractivity contribution in [3.63, 3.8) is 0 Å². The number of halogens is 1. The van der Waals surface area contributed by atoms with Gasteiger partial charge in [0.25, 0.3) is 0 Å². The quantitative estimate of drug-likeness (QED) is 0.574. The van der Waals surface area contributed by atoms with E-state index in [1.54, 1.807) is 0 Å². The van der Waals surface area contributed by atoms with E-state index in [9.17, 15) is 0 Å². The lowest BCUT2D eigenvalue weighted by Crippen LogP contribution is -2.35. The molecule has 1 heterocycles. The molecular formula is C8H18ClN. The molecule has 1 aliphatic heterocycles. The lowest BCUT2D eigenvalue weighted by Gasteiger charge is -2.29. The van der Waals surface area contributed by atoms with Gasteiger partial charge in [-0.1, -0.05) is 6.42 Å². The molecule has 0 atom stereocenters. The fraction of sp³-hybridized carbons (Fsp3) is 1.00. The summed E-state index contributed by atoms with van der Waals surface area (Å²) in [6, 6.07) is 0.769. The molecule has 0 unspecified atom stereocenters. The molecule has 0 amide bonds. The summed E-state index contributed by atoms with van der Waals surface area (Å²) in [5, 5.41) is 0. The largest absolute Gasteiger partial charge is 0.301 e. The molecule has 0 radical (unpaired) electrons. The van der Waals surface area contributed by atoms with Crippen LogP contribution in [0.4, 0.5) is 0 Å². The van der Waals surface area contributed by atoms with Crippen LogP contribution in [0.1, 0.15) is 33.1 Å². The van der Waals surface area contributed by atoms with Crippen LogP contribution in [0.5, 0.6) is 0 Å². The van der Waals surface area contributed by atoms with Crippen LogP contribution in [0.3, 0.4) is 0 Å². The van der Waals surface area contributed by atoms with Crippen molar-refractivity contribution in [2.75, 3.05) is 13.1 Å². The molecule has 0 aliphatic carbocycles. The molecule has 0 bridgehead atoms. The Labute approximate surface area is 70.2 Å². The van der Waals surface area contributed by atoms with E-state index in [1.165, 1.54) is 32.4 Å². The van der Waals surface area contributed by atoms with E-state index in [0.717, 1.165) is 6.04 Å². The predicted octanol–water partition coefficient (Wildman–Crippen LogP) is 2.30. The molecule has 62 valence electrons. The third-order valence-corrected chi connectivity index (χ3v) is 2.12.